The van der Waals surface area contributed by atoms with Crippen molar-refractivity contribution < 1.29 is 32.4 Å². The van der Waals surface area contributed by atoms with Gasteiger partial charge in [0.05, 0.1) is 46.9 Å². The van der Waals surface area contributed by atoms with Gasteiger partial charge in [0.25, 0.3) is 5.01 Å². The topological polar surface area (TPSA) is 79.4 Å². The number of aryl methyl sites for hydroxylation is 2. The van der Waals surface area contributed by atoms with Crippen LogP contribution in [-0.4, -0.2) is 40.3 Å². The van der Waals surface area contributed by atoms with Crippen molar-refractivity contribution in [1.82, 2.24) is 14.5 Å². The maximum atomic E-state index is 15.5. The summed E-state index contributed by atoms with van der Waals surface area (Å²) in [6.07, 6.45) is 2.93. The van der Waals surface area contributed by atoms with E-state index in [1.54, 1.807) is 47.7 Å². The van der Waals surface area contributed by atoms with Crippen LogP contribution in [-0.2, 0) is 36.1 Å². The normalized spacial score (nSPS) is 14.6. The molecule has 1 aliphatic heterocycles. The van der Waals surface area contributed by atoms with Gasteiger partial charge in [0.2, 0.25) is 5.88 Å². The molecular weight excluding hydrogens is 562 g/mol. The van der Waals surface area contributed by atoms with Crippen LogP contribution >= 0.6 is 11.3 Å². The van der Waals surface area contributed by atoms with E-state index in [0.29, 0.717) is 48.1 Å². The fourth-order valence-electron chi connectivity index (χ4n) is 5.02. The molecule has 42 heavy (non-hydrogen) atoms. The van der Waals surface area contributed by atoms with Crippen LogP contribution in [0.4, 0.5) is 8.78 Å². The molecule has 5 aromatic rings. The Hall–Kier alpha value is -4.22. The molecule has 0 saturated carbocycles. The van der Waals surface area contributed by atoms with Crippen LogP contribution in [0, 0.1) is 18.6 Å². The number of ether oxygens (including phenoxy) is 3. The minimum absolute atomic E-state index is 0.0150. The first-order valence-corrected chi connectivity index (χ1v) is 14.3. The number of carbonyl (C=O) groups excluding carboxylic acids is 1. The second-order valence-electron chi connectivity index (χ2n) is 10.2. The largest absolute Gasteiger partial charge is 0.465 e. The number of nitrogens with zero attached hydrogens (tertiary/aromatic N) is 4. The van der Waals surface area contributed by atoms with E-state index in [2.05, 4.69) is 4.98 Å². The third-order valence-electron chi connectivity index (χ3n) is 7.30. The monoisotopic (exact) mass is 591 g/mol. The van der Waals surface area contributed by atoms with Crippen LogP contribution in [0.5, 0.6) is 5.88 Å². The van der Waals surface area contributed by atoms with E-state index in [4.69, 9.17) is 19.2 Å². The van der Waals surface area contributed by atoms with Crippen LogP contribution in [0.1, 0.15) is 38.1 Å². The molecule has 4 heterocycles. The molecule has 1 aliphatic rings. The Labute approximate surface area is 245 Å². The molecule has 0 unspecified atom stereocenters. The number of fused-ring (bicyclic) bond motifs is 1. The van der Waals surface area contributed by atoms with E-state index in [9.17, 15) is 4.79 Å². The number of halogens is 2. The number of esters is 1. The lowest BCUT2D eigenvalue weighted by Crippen LogP contribution is -2.31. The molecule has 216 valence electrons. The van der Waals surface area contributed by atoms with Gasteiger partial charge in [-0.1, -0.05) is 17.4 Å². The molecule has 1 atom stereocenters. The summed E-state index contributed by atoms with van der Waals surface area (Å²) in [5.74, 6) is -0.781. The summed E-state index contributed by atoms with van der Waals surface area (Å²) in [5, 5.41) is 1.01. The highest BCUT2D eigenvalue weighted by molar-refractivity contribution is 7.11. The van der Waals surface area contributed by atoms with Crippen molar-refractivity contribution in [1.29, 1.82) is 0 Å². The Balaban J connectivity index is 1.28. The van der Waals surface area contributed by atoms with Crippen molar-refractivity contribution in [2.24, 2.45) is 7.05 Å². The molecule has 11 heteroatoms. The van der Waals surface area contributed by atoms with E-state index in [1.165, 1.54) is 13.2 Å². The number of hydrogen-bond donors (Lipinski definition) is 0. The van der Waals surface area contributed by atoms with Crippen molar-refractivity contribution in [2.75, 3.05) is 13.7 Å². The Morgan fingerprint density at radius 1 is 1.17 bits per heavy atom. The van der Waals surface area contributed by atoms with E-state index in [1.807, 2.05) is 29.3 Å². The predicted octanol–water partition coefficient (Wildman–Crippen LogP) is 5.32. The molecule has 0 N–H and O–H groups in total. The van der Waals surface area contributed by atoms with Gasteiger partial charge < -0.3 is 18.8 Å². The number of rotatable bonds is 9. The highest BCUT2D eigenvalue weighted by atomic mass is 32.1. The molecule has 3 aromatic heterocycles. The van der Waals surface area contributed by atoms with Gasteiger partial charge in [0, 0.05) is 24.7 Å². The summed E-state index contributed by atoms with van der Waals surface area (Å²) in [5.41, 5.74) is 2.19. The molecule has 1 saturated heterocycles. The second kappa shape index (κ2) is 11.6. The fourth-order valence-corrected chi connectivity index (χ4v) is 5.92. The Bertz CT molecular complexity index is 1800. The van der Waals surface area contributed by atoms with Crippen molar-refractivity contribution in [3.05, 3.63) is 93.2 Å². The number of benzene rings is 2. The van der Waals surface area contributed by atoms with Gasteiger partial charge >= 0.3 is 5.97 Å². The van der Waals surface area contributed by atoms with E-state index in [-0.39, 0.29) is 29.3 Å². The highest BCUT2D eigenvalue weighted by Gasteiger charge is 2.24. The standard InChI is InChI=1S/C31H29F2N4O4S/c1-18-15-36(2)30(42-18)17-41-29-6-4-5-25(35-29)22-14-23(32)20(11-24(22)33)13-28-34-26-8-7-19(31(38)39-3)12-27(26)37(28)16-21-9-10-40-21/h4-8,11-12,14-15,21H,9-10,13,16-17H2,1-3H3/q+1/t21-/m0/s1. The van der Waals surface area contributed by atoms with Gasteiger partial charge in [-0.05, 0) is 55.3 Å². The van der Waals surface area contributed by atoms with Crippen molar-refractivity contribution in [3.8, 4) is 17.1 Å². The van der Waals surface area contributed by atoms with E-state index >= 15 is 8.78 Å². The van der Waals surface area contributed by atoms with Gasteiger partial charge in [0.1, 0.15) is 24.5 Å². The van der Waals surface area contributed by atoms with Gasteiger partial charge in [-0.2, -0.15) is 4.57 Å². The summed E-state index contributed by atoms with van der Waals surface area (Å²) >= 11 is 1.62. The number of imidazole rings is 1. The Morgan fingerprint density at radius 2 is 2.00 bits per heavy atom. The zero-order chi connectivity index (χ0) is 29.4. The lowest BCUT2D eigenvalue weighted by molar-refractivity contribution is -0.675. The summed E-state index contributed by atoms with van der Waals surface area (Å²) in [4.78, 5) is 22.4. The second-order valence-corrected chi connectivity index (χ2v) is 11.5. The number of methoxy groups -OCH3 is 1. The lowest BCUT2D eigenvalue weighted by atomic mass is 10.0. The van der Waals surface area contributed by atoms with Crippen LogP contribution in [0.3, 0.4) is 0 Å². The first kappa shape index (κ1) is 27.9. The highest BCUT2D eigenvalue weighted by Crippen LogP contribution is 2.29. The van der Waals surface area contributed by atoms with Crippen LogP contribution in [0.25, 0.3) is 22.3 Å². The minimum atomic E-state index is -0.603. The molecule has 0 radical (unpaired) electrons. The quantitative estimate of drug-likeness (QED) is 0.171. The lowest BCUT2D eigenvalue weighted by Gasteiger charge is -2.27. The van der Waals surface area contributed by atoms with E-state index in [0.717, 1.165) is 22.4 Å². The summed E-state index contributed by atoms with van der Waals surface area (Å²) in [7, 11) is 3.27. The Morgan fingerprint density at radius 3 is 2.71 bits per heavy atom. The number of aromatic nitrogens is 4. The molecule has 6 rings (SSSR count). The molecule has 0 amide bonds. The fraction of sp³-hybridized carbons (Fsp3) is 0.290. The molecule has 0 bridgehead atoms. The van der Waals surface area contributed by atoms with Crippen molar-refractivity contribution in [2.45, 2.75) is 39.0 Å². The number of hydrogen-bond acceptors (Lipinski definition) is 7. The Kier molecular flexibility index (Phi) is 7.70. The minimum Gasteiger partial charge on any atom is -0.465 e. The summed E-state index contributed by atoms with van der Waals surface area (Å²) in [6, 6.07) is 12.4. The third kappa shape index (κ3) is 5.62. The van der Waals surface area contributed by atoms with Gasteiger partial charge in [-0.15, -0.1) is 0 Å². The first-order chi connectivity index (χ1) is 20.3. The van der Waals surface area contributed by atoms with Gasteiger partial charge in [-0.3, -0.25) is 0 Å². The smallest absolute Gasteiger partial charge is 0.337 e. The first-order valence-electron chi connectivity index (χ1n) is 13.5. The van der Waals surface area contributed by atoms with Crippen molar-refractivity contribution >= 4 is 28.3 Å². The van der Waals surface area contributed by atoms with Gasteiger partial charge in [0.15, 0.2) is 12.8 Å². The van der Waals surface area contributed by atoms with Crippen LogP contribution in [0.2, 0.25) is 0 Å². The van der Waals surface area contributed by atoms with E-state index < -0.39 is 17.6 Å². The van der Waals surface area contributed by atoms with Crippen LogP contribution < -0.4 is 9.30 Å². The average molecular weight is 592 g/mol. The molecule has 0 spiro atoms. The predicted molar refractivity (Wildman–Crippen MR) is 152 cm³/mol. The SMILES string of the molecule is COC(=O)c1ccc2nc(Cc3cc(F)c(-c4cccc(OCc5sc(C)c[n+]5C)n4)cc3F)n(C[C@@H]3CCO3)c2c1. The maximum Gasteiger partial charge on any atom is 0.337 e. The molecule has 2 aromatic carbocycles. The zero-order valence-electron chi connectivity index (χ0n) is 23.4. The maximum absolute atomic E-state index is 15.5. The summed E-state index contributed by atoms with van der Waals surface area (Å²) in [6.45, 7) is 3.50. The molecular formula is C31H29F2N4O4S+. The average Bonchev–Trinajstić information content (AvgIpc) is 3.47. The number of thiazole rings is 1. The molecule has 0 aliphatic carbocycles. The van der Waals surface area contributed by atoms with Gasteiger partial charge in [-0.25, -0.2) is 23.5 Å². The molecule has 1 fully saturated rings. The number of carbonyl (C=O) groups is 1. The van der Waals surface area contributed by atoms with Crippen LogP contribution in [0.15, 0.2) is 54.7 Å². The van der Waals surface area contributed by atoms with Crippen molar-refractivity contribution in [3.63, 3.8) is 0 Å². The third-order valence-corrected chi connectivity index (χ3v) is 8.37. The number of pyridine rings is 1. The zero-order valence-corrected chi connectivity index (χ0v) is 24.2. The molecule has 8 nitrogen and oxygen atoms in total. The summed E-state index contributed by atoms with van der Waals surface area (Å²) < 4.78 is 51.2.